The molecule has 3 rings (SSSR count). The van der Waals surface area contributed by atoms with Crippen LogP contribution in [0.4, 0.5) is 18.9 Å². The summed E-state index contributed by atoms with van der Waals surface area (Å²) in [7, 11) is 0. The van der Waals surface area contributed by atoms with Gasteiger partial charge in [-0.05, 0) is 31.0 Å². The minimum absolute atomic E-state index is 0.0655. The van der Waals surface area contributed by atoms with Crippen molar-refractivity contribution in [1.29, 1.82) is 0 Å². The van der Waals surface area contributed by atoms with Gasteiger partial charge in [0.15, 0.2) is 0 Å². The molecule has 0 spiro atoms. The van der Waals surface area contributed by atoms with E-state index in [0.717, 1.165) is 24.6 Å². The molecular formula is C13H11F3N2O2. The number of nitrogens with zero attached hydrogens (tertiary/aromatic N) is 1. The fourth-order valence-corrected chi connectivity index (χ4v) is 2.66. The van der Waals surface area contributed by atoms with Gasteiger partial charge in [0.2, 0.25) is 5.91 Å². The molecule has 0 saturated carbocycles. The summed E-state index contributed by atoms with van der Waals surface area (Å²) in [5.41, 5.74) is -0.841. The number of fused-ring (bicyclic) bond motifs is 2. The molecule has 1 saturated heterocycles. The van der Waals surface area contributed by atoms with E-state index in [1.807, 2.05) is 0 Å². The molecule has 1 aromatic carbocycles. The van der Waals surface area contributed by atoms with Crippen molar-refractivity contribution in [3.05, 3.63) is 29.3 Å². The summed E-state index contributed by atoms with van der Waals surface area (Å²) in [4.78, 5) is 25.7. The zero-order chi connectivity index (χ0) is 14.5. The van der Waals surface area contributed by atoms with E-state index in [4.69, 9.17) is 0 Å². The average molecular weight is 284 g/mol. The molecule has 1 aromatic rings. The minimum Gasteiger partial charge on any atom is -0.327 e. The van der Waals surface area contributed by atoms with Gasteiger partial charge in [-0.2, -0.15) is 13.2 Å². The van der Waals surface area contributed by atoms with Gasteiger partial charge in [0, 0.05) is 6.54 Å². The summed E-state index contributed by atoms with van der Waals surface area (Å²) in [5, 5.41) is 2.44. The van der Waals surface area contributed by atoms with Gasteiger partial charge < -0.3 is 10.2 Å². The first-order chi connectivity index (χ1) is 9.38. The van der Waals surface area contributed by atoms with E-state index in [-0.39, 0.29) is 11.3 Å². The highest BCUT2D eigenvalue weighted by Gasteiger charge is 2.39. The van der Waals surface area contributed by atoms with Gasteiger partial charge in [-0.15, -0.1) is 0 Å². The molecule has 1 atom stereocenters. The molecule has 4 nitrogen and oxygen atoms in total. The van der Waals surface area contributed by atoms with E-state index in [2.05, 4.69) is 5.32 Å². The summed E-state index contributed by atoms with van der Waals surface area (Å²) >= 11 is 0. The van der Waals surface area contributed by atoms with Crippen LogP contribution in [0.1, 0.15) is 28.8 Å². The lowest BCUT2D eigenvalue weighted by molar-refractivity contribution is -0.137. The second-order valence-electron chi connectivity index (χ2n) is 4.90. The Morgan fingerprint density at radius 3 is 2.70 bits per heavy atom. The lowest BCUT2D eigenvalue weighted by Crippen LogP contribution is -2.40. The highest BCUT2D eigenvalue weighted by atomic mass is 19.4. The minimum atomic E-state index is -4.51. The third-order valence-corrected chi connectivity index (χ3v) is 3.65. The SMILES string of the molecule is O=C1Nc2cc(C(F)(F)F)ccc2C(=O)N2CCC[C@@H]12. The first kappa shape index (κ1) is 13.0. The molecule has 20 heavy (non-hydrogen) atoms. The van der Waals surface area contributed by atoms with Crippen molar-refractivity contribution in [2.75, 3.05) is 11.9 Å². The highest BCUT2D eigenvalue weighted by Crippen LogP contribution is 2.35. The molecular weight excluding hydrogens is 273 g/mol. The Kier molecular flexibility index (Phi) is 2.74. The second kappa shape index (κ2) is 4.22. The number of nitrogens with one attached hydrogen (secondary N) is 1. The maximum Gasteiger partial charge on any atom is 0.416 e. The van der Waals surface area contributed by atoms with Crippen molar-refractivity contribution >= 4 is 17.5 Å². The molecule has 2 heterocycles. The molecule has 0 unspecified atom stereocenters. The molecule has 7 heteroatoms. The van der Waals surface area contributed by atoms with Crippen molar-refractivity contribution in [2.24, 2.45) is 0 Å². The van der Waals surface area contributed by atoms with Crippen LogP contribution in [-0.4, -0.2) is 29.3 Å². The van der Waals surface area contributed by atoms with Crippen LogP contribution in [0.15, 0.2) is 18.2 Å². The fraction of sp³-hybridized carbons (Fsp3) is 0.385. The molecule has 2 aliphatic rings. The van der Waals surface area contributed by atoms with Crippen LogP contribution in [0.3, 0.4) is 0 Å². The monoisotopic (exact) mass is 284 g/mol. The normalized spacial score (nSPS) is 22.1. The number of carbonyl (C=O) groups is 2. The van der Waals surface area contributed by atoms with Crippen LogP contribution < -0.4 is 5.32 Å². The third-order valence-electron chi connectivity index (χ3n) is 3.65. The van der Waals surface area contributed by atoms with Gasteiger partial charge in [-0.1, -0.05) is 0 Å². The molecule has 0 radical (unpaired) electrons. The molecule has 1 fully saturated rings. The van der Waals surface area contributed by atoms with E-state index in [0.29, 0.717) is 13.0 Å². The van der Waals surface area contributed by atoms with Crippen LogP contribution in [0, 0.1) is 0 Å². The molecule has 2 amide bonds. The van der Waals surface area contributed by atoms with Crippen LogP contribution in [0.5, 0.6) is 0 Å². The third kappa shape index (κ3) is 1.93. The number of hydrogen-bond acceptors (Lipinski definition) is 2. The topological polar surface area (TPSA) is 49.4 Å². The predicted octanol–water partition coefficient (Wildman–Crippen LogP) is 2.26. The maximum atomic E-state index is 12.7. The summed E-state index contributed by atoms with van der Waals surface area (Å²) in [6, 6.07) is 2.22. The average Bonchev–Trinajstić information content (AvgIpc) is 2.82. The van der Waals surface area contributed by atoms with E-state index in [9.17, 15) is 22.8 Å². The number of rotatable bonds is 0. The molecule has 0 aliphatic carbocycles. The Hall–Kier alpha value is -2.05. The number of halogens is 3. The first-order valence-electron chi connectivity index (χ1n) is 6.21. The van der Waals surface area contributed by atoms with Crippen molar-refractivity contribution in [3.63, 3.8) is 0 Å². The Morgan fingerprint density at radius 1 is 1.25 bits per heavy atom. The lowest BCUT2D eigenvalue weighted by Gasteiger charge is -2.19. The van der Waals surface area contributed by atoms with Gasteiger partial charge in [-0.3, -0.25) is 9.59 Å². The Labute approximate surface area is 112 Å². The second-order valence-corrected chi connectivity index (χ2v) is 4.90. The fourth-order valence-electron chi connectivity index (χ4n) is 2.66. The van der Waals surface area contributed by atoms with Crippen molar-refractivity contribution in [1.82, 2.24) is 4.90 Å². The number of anilines is 1. The van der Waals surface area contributed by atoms with Gasteiger partial charge in [0.25, 0.3) is 5.91 Å². The van der Waals surface area contributed by atoms with E-state index >= 15 is 0 Å². The van der Waals surface area contributed by atoms with Crippen LogP contribution in [-0.2, 0) is 11.0 Å². The van der Waals surface area contributed by atoms with Gasteiger partial charge in [0.1, 0.15) is 6.04 Å². The predicted molar refractivity (Wildman–Crippen MR) is 64.1 cm³/mol. The lowest BCUT2D eigenvalue weighted by atomic mass is 10.1. The zero-order valence-electron chi connectivity index (χ0n) is 10.3. The summed E-state index contributed by atoms with van der Waals surface area (Å²) < 4.78 is 38.0. The van der Waals surface area contributed by atoms with Crippen molar-refractivity contribution in [3.8, 4) is 0 Å². The zero-order valence-corrected chi connectivity index (χ0v) is 10.3. The first-order valence-corrected chi connectivity index (χ1v) is 6.21. The van der Waals surface area contributed by atoms with Gasteiger partial charge in [0.05, 0.1) is 16.8 Å². The van der Waals surface area contributed by atoms with Gasteiger partial charge >= 0.3 is 6.18 Å². The van der Waals surface area contributed by atoms with Crippen LogP contribution >= 0.6 is 0 Å². The molecule has 0 aromatic heterocycles. The molecule has 106 valence electrons. The van der Waals surface area contributed by atoms with Gasteiger partial charge in [-0.25, -0.2) is 0 Å². The van der Waals surface area contributed by atoms with Crippen LogP contribution in [0.25, 0.3) is 0 Å². The number of alkyl halides is 3. The molecule has 2 aliphatic heterocycles. The Morgan fingerprint density at radius 2 is 2.00 bits per heavy atom. The quantitative estimate of drug-likeness (QED) is 0.794. The molecule has 1 N–H and O–H groups in total. The van der Waals surface area contributed by atoms with E-state index < -0.39 is 29.6 Å². The van der Waals surface area contributed by atoms with E-state index in [1.54, 1.807) is 0 Å². The number of hydrogen-bond donors (Lipinski definition) is 1. The van der Waals surface area contributed by atoms with Crippen LogP contribution in [0.2, 0.25) is 0 Å². The summed E-state index contributed by atoms with van der Waals surface area (Å²) in [6.07, 6.45) is -3.25. The number of benzene rings is 1. The Balaban J connectivity index is 2.08. The largest absolute Gasteiger partial charge is 0.416 e. The van der Waals surface area contributed by atoms with Crippen molar-refractivity contribution in [2.45, 2.75) is 25.1 Å². The maximum absolute atomic E-state index is 12.7. The summed E-state index contributed by atoms with van der Waals surface area (Å²) in [6.45, 7) is 0.456. The highest BCUT2D eigenvalue weighted by molar-refractivity contribution is 6.10. The van der Waals surface area contributed by atoms with E-state index in [1.165, 1.54) is 4.90 Å². The number of amides is 2. The number of carbonyl (C=O) groups excluding carboxylic acids is 2. The molecule has 0 bridgehead atoms. The van der Waals surface area contributed by atoms with Crippen molar-refractivity contribution < 1.29 is 22.8 Å². The standard InChI is InChI=1S/C13H11F3N2O2/c14-13(15,16)7-3-4-8-9(6-7)17-11(19)10-2-1-5-18(10)12(8)20/h3-4,6,10H,1-2,5H2,(H,17,19)/t10-/m0/s1. The smallest absolute Gasteiger partial charge is 0.327 e. The summed E-state index contributed by atoms with van der Waals surface area (Å²) in [5.74, 6) is -0.816. The Bertz CT molecular complexity index is 598.